The molecule has 1 fully saturated rings. The van der Waals surface area contributed by atoms with Crippen LogP contribution in [-0.2, 0) is 4.79 Å². The lowest BCUT2D eigenvalue weighted by Crippen LogP contribution is -2.38. The molecule has 1 saturated carbocycles. The second-order valence-corrected chi connectivity index (χ2v) is 5.35. The van der Waals surface area contributed by atoms with Crippen LogP contribution in [0.15, 0.2) is 17.5 Å². The monoisotopic (exact) mass is 253 g/mol. The maximum absolute atomic E-state index is 12.2. The highest BCUT2D eigenvalue weighted by Gasteiger charge is 2.35. The predicted octanol–water partition coefficient (Wildman–Crippen LogP) is 2.07. The Morgan fingerprint density at radius 2 is 2.29 bits per heavy atom. The first kappa shape index (κ1) is 12.1. The van der Waals surface area contributed by atoms with Crippen LogP contribution in [0, 0.1) is 5.92 Å². The summed E-state index contributed by atoms with van der Waals surface area (Å²) in [6, 6.07) is 3.86. The number of aliphatic carboxylic acids is 1. The summed E-state index contributed by atoms with van der Waals surface area (Å²) < 4.78 is 0. The lowest BCUT2D eigenvalue weighted by molar-refractivity contribution is -0.141. The Balaban J connectivity index is 2.07. The first-order valence-corrected chi connectivity index (χ1v) is 6.55. The summed E-state index contributed by atoms with van der Waals surface area (Å²) in [6.45, 7) is 1.94. The van der Waals surface area contributed by atoms with Crippen molar-refractivity contribution in [3.8, 4) is 0 Å². The van der Waals surface area contributed by atoms with Gasteiger partial charge in [0.25, 0.3) is 5.91 Å². The zero-order valence-corrected chi connectivity index (χ0v) is 10.4. The van der Waals surface area contributed by atoms with E-state index in [2.05, 4.69) is 0 Å². The summed E-state index contributed by atoms with van der Waals surface area (Å²) in [5.41, 5.74) is 0. The van der Waals surface area contributed by atoms with E-state index in [0.717, 1.165) is 12.8 Å². The number of thiophene rings is 1. The number of rotatable bonds is 5. The molecule has 2 rings (SSSR count). The van der Waals surface area contributed by atoms with Crippen molar-refractivity contribution >= 4 is 23.2 Å². The number of carboxylic acid groups (broad SMARTS) is 1. The molecule has 1 heterocycles. The summed E-state index contributed by atoms with van der Waals surface area (Å²) in [4.78, 5) is 25.4. The summed E-state index contributed by atoms with van der Waals surface area (Å²) in [5, 5.41) is 10.8. The molecular weight excluding hydrogens is 238 g/mol. The molecule has 1 N–H and O–H groups in total. The molecule has 92 valence electrons. The third kappa shape index (κ3) is 2.85. The van der Waals surface area contributed by atoms with Crippen molar-refractivity contribution in [2.75, 3.05) is 6.54 Å². The van der Waals surface area contributed by atoms with Crippen LogP contribution in [-0.4, -0.2) is 34.5 Å². The highest BCUT2D eigenvalue weighted by molar-refractivity contribution is 7.12. The van der Waals surface area contributed by atoms with Gasteiger partial charge in [-0.25, -0.2) is 0 Å². The molecule has 1 amide bonds. The maximum Gasteiger partial charge on any atom is 0.308 e. The Morgan fingerprint density at radius 3 is 2.76 bits per heavy atom. The van der Waals surface area contributed by atoms with E-state index in [1.807, 2.05) is 11.4 Å². The minimum atomic E-state index is -0.852. The van der Waals surface area contributed by atoms with Crippen molar-refractivity contribution in [3.63, 3.8) is 0 Å². The lowest BCUT2D eigenvalue weighted by atomic mass is 10.1. The van der Waals surface area contributed by atoms with Crippen LogP contribution in [0.2, 0.25) is 0 Å². The van der Waals surface area contributed by atoms with Crippen LogP contribution in [0.5, 0.6) is 0 Å². The number of hydrogen-bond donors (Lipinski definition) is 1. The zero-order chi connectivity index (χ0) is 12.4. The Morgan fingerprint density at radius 1 is 1.59 bits per heavy atom. The standard InChI is InChI=1S/C12H15NO3S/c1-8(12(15)16)7-13(9-4-5-9)11(14)10-3-2-6-17-10/h2-3,6,8-9H,4-5,7H2,1H3,(H,15,16). The number of carboxylic acids is 1. The topological polar surface area (TPSA) is 57.6 Å². The van der Waals surface area contributed by atoms with Gasteiger partial charge in [0.1, 0.15) is 0 Å². The molecule has 0 aliphatic heterocycles. The molecule has 1 aliphatic rings. The maximum atomic E-state index is 12.2. The molecule has 0 saturated heterocycles. The predicted molar refractivity (Wildman–Crippen MR) is 65.2 cm³/mol. The fourth-order valence-electron chi connectivity index (χ4n) is 1.70. The SMILES string of the molecule is CC(CN(C(=O)c1cccs1)C1CC1)C(=O)O. The zero-order valence-electron chi connectivity index (χ0n) is 9.63. The number of carbonyl (C=O) groups is 2. The van der Waals surface area contributed by atoms with Crippen molar-refractivity contribution in [3.05, 3.63) is 22.4 Å². The number of hydrogen-bond acceptors (Lipinski definition) is 3. The van der Waals surface area contributed by atoms with Gasteiger partial charge in [-0.05, 0) is 24.3 Å². The summed E-state index contributed by atoms with van der Waals surface area (Å²) in [7, 11) is 0. The van der Waals surface area contributed by atoms with Gasteiger partial charge in [0.15, 0.2) is 0 Å². The van der Waals surface area contributed by atoms with E-state index in [0.29, 0.717) is 11.4 Å². The highest BCUT2D eigenvalue weighted by atomic mass is 32.1. The van der Waals surface area contributed by atoms with Crippen LogP contribution in [0.1, 0.15) is 29.4 Å². The first-order valence-electron chi connectivity index (χ1n) is 5.67. The van der Waals surface area contributed by atoms with Gasteiger partial charge in [0, 0.05) is 12.6 Å². The van der Waals surface area contributed by atoms with E-state index in [1.54, 1.807) is 17.9 Å². The van der Waals surface area contributed by atoms with Crippen molar-refractivity contribution < 1.29 is 14.7 Å². The molecule has 5 heteroatoms. The minimum absolute atomic E-state index is 0.0319. The average molecular weight is 253 g/mol. The van der Waals surface area contributed by atoms with Gasteiger partial charge in [0.05, 0.1) is 10.8 Å². The van der Waals surface area contributed by atoms with Gasteiger partial charge in [-0.3, -0.25) is 9.59 Å². The van der Waals surface area contributed by atoms with Gasteiger partial charge in [-0.1, -0.05) is 13.0 Å². The fourth-order valence-corrected chi connectivity index (χ4v) is 2.38. The lowest BCUT2D eigenvalue weighted by Gasteiger charge is -2.23. The molecule has 0 aromatic carbocycles. The van der Waals surface area contributed by atoms with Crippen molar-refractivity contribution in [1.82, 2.24) is 4.90 Å². The first-order chi connectivity index (χ1) is 8.09. The van der Waals surface area contributed by atoms with E-state index < -0.39 is 11.9 Å². The van der Waals surface area contributed by atoms with E-state index in [9.17, 15) is 9.59 Å². The van der Waals surface area contributed by atoms with Gasteiger partial charge >= 0.3 is 5.97 Å². The third-order valence-corrected chi connectivity index (χ3v) is 3.73. The fraction of sp³-hybridized carbons (Fsp3) is 0.500. The van der Waals surface area contributed by atoms with Crippen molar-refractivity contribution in [2.45, 2.75) is 25.8 Å². The second kappa shape index (κ2) is 4.87. The van der Waals surface area contributed by atoms with Crippen LogP contribution >= 0.6 is 11.3 Å². The second-order valence-electron chi connectivity index (χ2n) is 4.41. The van der Waals surface area contributed by atoms with Crippen LogP contribution in [0.3, 0.4) is 0 Å². The molecule has 0 spiro atoms. The molecule has 0 radical (unpaired) electrons. The number of nitrogens with zero attached hydrogens (tertiary/aromatic N) is 1. The van der Waals surface area contributed by atoms with Gasteiger partial charge in [-0.2, -0.15) is 0 Å². The van der Waals surface area contributed by atoms with E-state index in [4.69, 9.17) is 5.11 Å². The van der Waals surface area contributed by atoms with Crippen molar-refractivity contribution in [1.29, 1.82) is 0 Å². The minimum Gasteiger partial charge on any atom is -0.481 e. The Bertz CT molecular complexity index is 411. The van der Waals surface area contributed by atoms with Crippen LogP contribution in [0.4, 0.5) is 0 Å². The Kier molecular flexibility index (Phi) is 3.47. The van der Waals surface area contributed by atoms with E-state index in [-0.39, 0.29) is 11.9 Å². The van der Waals surface area contributed by atoms with Gasteiger partial charge < -0.3 is 10.0 Å². The Hall–Kier alpha value is -1.36. The molecule has 4 nitrogen and oxygen atoms in total. The molecule has 1 unspecified atom stereocenters. The molecule has 17 heavy (non-hydrogen) atoms. The van der Waals surface area contributed by atoms with Gasteiger partial charge in [-0.15, -0.1) is 11.3 Å². The number of carbonyl (C=O) groups excluding carboxylic acids is 1. The largest absolute Gasteiger partial charge is 0.481 e. The average Bonchev–Trinajstić information content (AvgIpc) is 2.98. The van der Waals surface area contributed by atoms with Crippen molar-refractivity contribution in [2.24, 2.45) is 5.92 Å². The normalized spacial score (nSPS) is 16.5. The molecular formula is C12H15NO3S. The van der Waals surface area contributed by atoms with Crippen LogP contribution in [0.25, 0.3) is 0 Å². The quantitative estimate of drug-likeness (QED) is 0.874. The van der Waals surface area contributed by atoms with Gasteiger partial charge in [0.2, 0.25) is 0 Å². The smallest absolute Gasteiger partial charge is 0.308 e. The third-order valence-electron chi connectivity index (χ3n) is 2.87. The highest BCUT2D eigenvalue weighted by Crippen LogP contribution is 2.29. The molecule has 1 aromatic rings. The van der Waals surface area contributed by atoms with E-state index >= 15 is 0 Å². The summed E-state index contributed by atoms with van der Waals surface area (Å²) in [6.07, 6.45) is 1.98. The molecule has 1 atom stereocenters. The summed E-state index contributed by atoms with van der Waals surface area (Å²) in [5.74, 6) is -1.40. The molecule has 1 aliphatic carbocycles. The number of amides is 1. The molecule has 1 aromatic heterocycles. The Labute approximate surface area is 104 Å². The summed E-state index contributed by atoms with van der Waals surface area (Å²) >= 11 is 1.40. The van der Waals surface area contributed by atoms with Crippen LogP contribution < -0.4 is 0 Å². The molecule has 0 bridgehead atoms. The van der Waals surface area contributed by atoms with E-state index in [1.165, 1.54) is 11.3 Å².